The van der Waals surface area contributed by atoms with Crippen LogP contribution in [0.1, 0.15) is 0 Å². The molecule has 1 aromatic carbocycles. The zero-order chi connectivity index (χ0) is 12.1. The lowest BCUT2D eigenvalue weighted by Gasteiger charge is -2.06. The van der Waals surface area contributed by atoms with Crippen LogP contribution < -0.4 is 10.1 Å². The summed E-state index contributed by atoms with van der Waals surface area (Å²) < 4.78 is 9.19. The maximum atomic E-state index is 11.1. The van der Waals surface area contributed by atoms with E-state index in [-0.39, 0.29) is 0 Å². The van der Waals surface area contributed by atoms with Crippen molar-refractivity contribution < 1.29 is 19.1 Å². The highest BCUT2D eigenvalue weighted by Crippen LogP contribution is 2.27. The third-order valence-corrected chi connectivity index (χ3v) is 2.08. The molecule has 0 atom stereocenters. The molecule has 16 heavy (non-hydrogen) atoms. The molecule has 0 aliphatic rings. The topological polar surface area (TPSA) is 64.6 Å². The molecule has 5 nitrogen and oxygen atoms in total. The van der Waals surface area contributed by atoms with Crippen molar-refractivity contribution in [3.8, 4) is 5.75 Å². The van der Waals surface area contributed by atoms with Crippen LogP contribution in [0, 0.1) is 0 Å². The third kappa shape index (κ3) is 2.87. The molecule has 1 aromatic rings. The second-order valence-corrected chi connectivity index (χ2v) is 3.20. The van der Waals surface area contributed by atoms with Crippen molar-refractivity contribution in [3.63, 3.8) is 0 Å². The number of carbonyl (C=O) groups is 2. The third-order valence-electron chi connectivity index (χ3n) is 1.78. The van der Waals surface area contributed by atoms with E-state index in [2.05, 4.69) is 10.1 Å². The normalized spacial score (nSPS) is 9.44. The fourth-order valence-corrected chi connectivity index (χ4v) is 1.28. The maximum absolute atomic E-state index is 11.1. The van der Waals surface area contributed by atoms with Gasteiger partial charge in [-0.05, 0) is 18.2 Å². The van der Waals surface area contributed by atoms with Gasteiger partial charge < -0.3 is 14.8 Å². The second kappa shape index (κ2) is 5.37. The second-order valence-electron chi connectivity index (χ2n) is 2.80. The predicted molar refractivity (Wildman–Crippen MR) is 58.6 cm³/mol. The first-order valence-electron chi connectivity index (χ1n) is 4.31. The molecule has 0 radical (unpaired) electrons. The van der Waals surface area contributed by atoms with Gasteiger partial charge in [0.15, 0.2) is 0 Å². The van der Waals surface area contributed by atoms with Gasteiger partial charge in [-0.3, -0.25) is 4.79 Å². The number of amides is 1. The van der Waals surface area contributed by atoms with E-state index in [0.717, 1.165) is 7.11 Å². The highest BCUT2D eigenvalue weighted by atomic mass is 35.5. The number of benzene rings is 1. The maximum Gasteiger partial charge on any atom is 0.396 e. The summed E-state index contributed by atoms with van der Waals surface area (Å²) >= 11 is 5.83. The van der Waals surface area contributed by atoms with E-state index >= 15 is 0 Å². The lowest BCUT2D eigenvalue weighted by Crippen LogP contribution is -2.23. The van der Waals surface area contributed by atoms with E-state index in [1.54, 1.807) is 12.1 Å². The number of hydrogen-bond donors (Lipinski definition) is 1. The van der Waals surface area contributed by atoms with Crippen molar-refractivity contribution in [3.05, 3.63) is 23.2 Å². The first kappa shape index (κ1) is 12.3. The summed E-state index contributed by atoms with van der Waals surface area (Å²) in [6.07, 6.45) is 0. The van der Waals surface area contributed by atoms with Gasteiger partial charge in [0.05, 0.1) is 19.2 Å². The van der Waals surface area contributed by atoms with E-state index in [9.17, 15) is 9.59 Å². The standard InChI is InChI=1S/C10H10ClNO4/c1-15-8-4-3-6(5-7(8)11)12-9(13)10(14)16-2/h3-5H,1-2H3,(H,12,13). The zero-order valence-corrected chi connectivity index (χ0v) is 9.50. The highest BCUT2D eigenvalue weighted by Gasteiger charge is 2.14. The molecule has 1 rings (SSSR count). The average Bonchev–Trinajstić information content (AvgIpc) is 2.28. The zero-order valence-electron chi connectivity index (χ0n) is 8.74. The number of carbonyl (C=O) groups excluding carboxylic acids is 2. The Morgan fingerprint density at radius 2 is 2.00 bits per heavy atom. The highest BCUT2D eigenvalue weighted by molar-refractivity contribution is 6.37. The van der Waals surface area contributed by atoms with Crippen LogP contribution in [-0.4, -0.2) is 26.1 Å². The molecule has 0 aliphatic carbocycles. The van der Waals surface area contributed by atoms with Gasteiger partial charge in [0.25, 0.3) is 0 Å². The summed E-state index contributed by atoms with van der Waals surface area (Å²) in [7, 11) is 2.61. The minimum absolute atomic E-state index is 0.338. The first-order valence-corrected chi connectivity index (χ1v) is 4.69. The monoisotopic (exact) mass is 243 g/mol. The van der Waals surface area contributed by atoms with Crippen LogP contribution in [-0.2, 0) is 14.3 Å². The van der Waals surface area contributed by atoms with Gasteiger partial charge in [-0.25, -0.2) is 4.79 Å². The van der Waals surface area contributed by atoms with E-state index in [0.29, 0.717) is 16.5 Å². The minimum atomic E-state index is -0.966. The van der Waals surface area contributed by atoms with E-state index < -0.39 is 11.9 Å². The molecule has 0 saturated carbocycles. The Morgan fingerprint density at radius 1 is 1.31 bits per heavy atom. The molecule has 86 valence electrons. The lowest BCUT2D eigenvalue weighted by atomic mass is 10.3. The summed E-state index contributed by atoms with van der Waals surface area (Å²) in [4.78, 5) is 22.0. The molecule has 0 saturated heterocycles. The Labute approximate surface area is 97.3 Å². The van der Waals surface area contributed by atoms with Gasteiger partial charge in [-0.15, -0.1) is 0 Å². The summed E-state index contributed by atoms with van der Waals surface area (Å²) in [5, 5.41) is 2.67. The molecule has 1 amide bonds. The number of hydrogen-bond acceptors (Lipinski definition) is 4. The number of anilines is 1. The SMILES string of the molecule is COC(=O)C(=O)Nc1ccc(OC)c(Cl)c1. The van der Waals surface area contributed by atoms with Crippen molar-refractivity contribution >= 4 is 29.2 Å². The first-order chi connectivity index (χ1) is 7.58. The van der Waals surface area contributed by atoms with Crippen LogP contribution >= 0.6 is 11.6 Å². The number of methoxy groups -OCH3 is 2. The molecule has 6 heteroatoms. The lowest BCUT2D eigenvalue weighted by molar-refractivity contribution is -0.150. The Kier molecular flexibility index (Phi) is 4.13. The van der Waals surface area contributed by atoms with Gasteiger partial charge in [0.1, 0.15) is 5.75 Å². The largest absolute Gasteiger partial charge is 0.495 e. The van der Waals surface area contributed by atoms with Crippen molar-refractivity contribution in [1.82, 2.24) is 0 Å². The van der Waals surface area contributed by atoms with Crippen molar-refractivity contribution in [2.24, 2.45) is 0 Å². The van der Waals surface area contributed by atoms with Crippen molar-refractivity contribution in [2.45, 2.75) is 0 Å². The van der Waals surface area contributed by atoms with E-state index in [4.69, 9.17) is 16.3 Å². The fourth-order valence-electron chi connectivity index (χ4n) is 1.02. The van der Waals surface area contributed by atoms with Crippen LogP contribution in [0.25, 0.3) is 0 Å². The summed E-state index contributed by atoms with van der Waals surface area (Å²) in [6.45, 7) is 0. The average molecular weight is 244 g/mol. The molecule has 0 fully saturated rings. The van der Waals surface area contributed by atoms with E-state index in [1.165, 1.54) is 13.2 Å². The molecule has 0 bridgehead atoms. The van der Waals surface area contributed by atoms with Crippen molar-refractivity contribution in [1.29, 1.82) is 0 Å². The Morgan fingerprint density at radius 3 is 2.50 bits per heavy atom. The molecule has 0 heterocycles. The fraction of sp³-hybridized carbons (Fsp3) is 0.200. The van der Waals surface area contributed by atoms with Gasteiger partial charge in [-0.1, -0.05) is 11.6 Å². The number of rotatable bonds is 2. The molecule has 0 unspecified atom stereocenters. The Balaban J connectivity index is 2.79. The van der Waals surface area contributed by atoms with Crippen molar-refractivity contribution in [2.75, 3.05) is 19.5 Å². The number of halogens is 1. The Bertz CT molecular complexity index is 419. The molecular weight excluding hydrogens is 234 g/mol. The Hall–Kier alpha value is -1.75. The van der Waals surface area contributed by atoms with Crippen LogP contribution in [0.3, 0.4) is 0 Å². The predicted octanol–water partition coefficient (Wildman–Crippen LogP) is 1.46. The van der Waals surface area contributed by atoms with Gasteiger partial charge in [-0.2, -0.15) is 0 Å². The van der Waals surface area contributed by atoms with Crippen LogP contribution in [0.2, 0.25) is 5.02 Å². The summed E-state index contributed by atoms with van der Waals surface area (Å²) in [5.41, 5.74) is 0.390. The molecule has 1 N–H and O–H groups in total. The number of esters is 1. The number of nitrogens with one attached hydrogen (secondary N) is 1. The minimum Gasteiger partial charge on any atom is -0.495 e. The molecule has 0 aromatic heterocycles. The molecule has 0 aliphatic heterocycles. The quantitative estimate of drug-likeness (QED) is 0.631. The summed E-state index contributed by atoms with van der Waals surface area (Å²) in [6, 6.07) is 4.61. The summed E-state index contributed by atoms with van der Waals surface area (Å²) in [5.74, 6) is -1.34. The van der Waals surface area contributed by atoms with Crippen LogP contribution in [0.4, 0.5) is 5.69 Å². The van der Waals surface area contributed by atoms with Gasteiger partial charge in [0, 0.05) is 5.69 Å². The van der Waals surface area contributed by atoms with E-state index in [1.807, 2.05) is 0 Å². The number of ether oxygens (including phenoxy) is 2. The van der Waals surface area contributed by atoms with Crippen LogP contribution in [0.15, 0.2) is 18.2 Å². The molecule has 0 spiro atoms. The smallest absolute Gasteiger partial charge is 0.396 e. The molecular formula is C10H10ClNO4. The van der Waals surface area contributed by atoms with Gasteiger partial charge in [0.2, 0.25) is 0 Å². The van der Waals surface area contributed by atoms with Crippen LogP contribution in [0.5, 0.6) is 5.75 Å². The van der Waals surface area contributed by atoms with Gasteiger partial charge >= 0.3 is 11.9 Å².